The number of nitrogens with one attached hydrogen (secondary N) is 1. The normalized spacial score (nSPS) is 43.9. The molecule has 0 aromatic rings. The molecule has 0 radical (unpaired) electrons. The Morgan fingerprint density at radius 1 is 1.14 bits per heavy atom. The highest BCUT2D eigenvalue weighted by Gasteiger charge is 2.42. The topological polar surface area (TPSA) is 102 Å². The minimum atomic E-state index is -1.30. The second kappa shape index (κ2) is 5.01. The highest BCUT2D eigenvalue weighted by Crippen LogP contribution is 2.19. The molecular weight excluding hydrogens is 190 g/mol. The van der Waals surface area contributed by atoms with E-state index in [0.29, 0.717) is 6.54 Å². The average Bonchev–Trinajstić information content (AvgIpc) is 2.19. The molecule has 5 atom stereocenters. The molecule has 1 aliphatic heterocycles. The molecule has 0 spiro atoms. The van der Waals surface area contributed by atoms with Crippen molar-refractivity contribution in [2.24, 2.45) is 0 Å². The molecule has 0 aliphatic carbocycles. The zero-order valence-electron chi connectivity index (χ0n) is 8.00. The standard InChI is InChI=1S/C8H17NO5/c1-2-9-8-7(13)6(12)5(11)4(3-10)14-8/h4-13H,2-3H2,1H3/t4-,5-,6+,7-,8?/m1/s1. The minimum absolute atomic E-state index is 0.396. The van der Waals surface area contributed by atoms with E-state index in [1.165, 1.54) is 0 Å². The summed E-state index contributed by atoms with van der Waals surface area (Å²) < 4.78 is 5.15. The van der Waals surface area contributed by atoms with Crippen LogP contribution >= 0.6 is 0 Å². The number of likely N-dealkylation sites (N-methyl/N-ethyl adjacent to an activating group) is 1. The first-order chi connectivity index (χ1) is 6.61. The van der Waals surface area contributed by atoms with Crippen molar-refractivity contribution in [2.45, 2.75) is 37.6 Å². The van der Waals surface area contributed by atoms with Crippen molar-refractivity contribution in [3.05, 3.63) is 0 Å². The van der Waals surface area contributed by atoms with Gasteiger partial charge in [-0.25, -0.2) is 0 Å². The highest BCUT2D eigenvalue weighted by molar-refractivity contribution is 4.90. The van der Waals surface area contributed by atoms with Crippen LogP contribution in [0.25, 0.3) is 0 Å². The summed E-state index contributed by atoms with van der Waals surface area (Å²) in [7, 11) is 0. The Bertz CT molecular complexity index is 175. The summed E-state index contributed by atoms with van der Waals surface area (Å²) in [6.45, 7) is 1.98. The number of aliphatic hydroxyl groups excluding tert-OH is 4. The smallest absolute Gasteiger partial charge is 0.137 e. The van der Waals surface area contributed by atoms with Gasteiger partial charge in [0.05, 0.1) is 6.61 Å². The largest absolute Gasteiger partial charge is 0.394 e. The van der Waals surface area contributed by atoms with E-state index < -0.39 is 37.3 Å². The van der Waals surface area contributed by atoms with Gasteiger partial charge in [-0.3, -0.25) is 5.32 Å². The monoisotopic (exact) mass is 207 g/mol. The summed E-state index contributed by atoms with van der Waals surface area (Å²) >= 11 is 0. The van der Waals surface area contributed by atoms with Gasteiger partial charge in [0.1, 0.15) is 30.6 Å². The molecule has 1 heterocycles. The van der Waals surface area contributed by atoms with Crippen LogP contribution < -0.4 is 5.32 Å². The molecule has 0 saturated carbocycles. The fraction of sp³-hybridized carbons (Fsp3) is 1.00. The van der Waals surface area contributed by atoms with E-state index in [-0.39, 0.29) is 0 Å². The van der Waals surface area contributed by atoms with Gasteiger partial charge in [-0.05, 0) is 6.54 Å². The fourth-order valence-electron chi connectivity index (χ4n) is 1.47. The lowest BCUT2D eigenvalue weighted by molar-refractivity contribution is -0.236. The molecule has 1 rings (SSSR count). The lowest BCUT2D eigenvalue weighted by Crippen LogP contribution is -2.62. The van der Waals surface area contributed by atoms with Crippen molar-refractivity contribution in [3.63, 3.8) is 0 Å². The van der Waals surface area contributed by atoms with Gasteiger partial charge in [0.15, 0.2) is 0 Å². The van der Waals surface area contributed by atoms with Crippen molar-refractivity contribution in [1.29, 1.82) is 0 Å². The second-order valence-corrected chi connectivity index (χ2v) is 3.31. The lowest BCUT2D eigenvalue weighted by atomic mass is 9.98. The van der Waals surface area contributed by atoms with E-state index in [4.69, 9.17) is 9.84 Å². The molecule has 5 N–H and O–H groups in total. The van der Waals surface area contributed by atoms with Gasteiger partial charge >= 0.3 is 0 Å². The number of ether oxygens (including phenoxy) is 1. The predicted molar refractivity (Wildman–Crippen MR) is 47.4 cm³/mol. The maximum Gasteiger partial charge on any atom is 0.137 e. The van der Waals surface area contributed by atoms with E-state index in [1.807, 2.05) is 6.92 Å². The Morgan fingerprint density at radius 3 is 2.29 bits per heavy atom. The van der Waals surface area contributed by atoms with E-state index in [2.05, 4.69) is 5.32 Å². The van der Waals surface area contributed by atoms with E-state index in [1.54, 1.807) is 0 Å². The van der Waals surface area contributed by atoms with Crippen molar-refractivity contribution in [3.8, 4) is 0 Å². The summed E-state index contributed by atoms with van der Waals surface area (Å²) in [5.41, 5.74) is 0. The van der Waals surface area contributed by atoms with Gasteiger partial charge in [-0.1, -0.05) is 6.92 Å². The van der Waals surface area contributed by atoms with Crippen LogP contribution in [0.3, 0.4) is 0 Å². The molecule has 84 valence electrons. The molecule has 0 aromatic heterocycles. The third-order valence-corrected chi connectivity index (χ3v) is 2.30. The quantitative estimate of drug-likeness (QED) is 0.348. The molecule has 0 bridgehead atoms. The van der Waals surface area contributed by atoms with Crippen LogP contribution in [0, 0.1) is 0 Å². The Hall–Kier alpha value is -0.240. The van der Waals surface area contributed by atoms with E-state index in [9.17, 15) is 15.3 Å². The van der Waals surface area contributed by atoms with Crippen molar-refractivity contribution >= 4 is 0 Å². The number of hydrogen-bond acceptors (Lipinski definition) is 6. The van der Waals surface area contributed by atoms with Crippen LogP contribution in [0.15, 0.2) is 0 Å². The maximum atomic E-state index is 9.47. The van der Waals surface area contributed by atoms with Crippen LogP contribution in [0.5, 0.6) is 0 Å². The van der Waals surface area contributed by atoms with Crippen molar-refractivity contribution < 1.29 is 25.2 Å². The SMILES string of the molecule is CCNC1O[C@H](CO)[C@@H](O)[C@H](O)[C@H]1O. The molecule has 14 heavy (non-hydrogen) atoms. The van der Waals surface area contributed by atoms with Gasteiger partial charge in [-0.15, -0.1) is 0 Å². The second-order valence-electron chi connectivity index (χ2n) is 3.31. The summed E-state index contributed by atoms with van der Waals surface area (Å²) in [4.78, 5) is 0. The van der Waals surface area contributed by atoms with Crippen LogP contribution in [-0.4, -0.2) is 64.2 Å². The highest BCUT2D eigenvalue weighted by atomic mass is 16.6. The van der Waals surface area contributed by atoms with Crippen LogP contribution in [-0.2, 0) is 4.74 Å². The first-order valence-electron chi connectivity index (χ1n) is 4.65. The van der Waals surface area contributed by atoms with Gasteiger partial charge in [0, 0.05) is 0 Å². The minimum Gasteiger partial charge on any atom is -0.394 e. The summed E-state index contributed by atoms with van der Waals surface area (Å²) in [5, 5.41) is 39.9. The Balaban J connectivity index is 2.63. The number of rotatable bonds is 3. The third kappa shape index (κ3) is 2.22. The Morgan fingerprint density at radius 2 is 1.79 bits per heavy atom. The third-order valence-electron chi connectivity index (χ3n) is 2.30. The summed E-state index contributed by atoms with van der Waals surface area (Å²) in [6.07, 6.45) is -5.37. The molecule has 0 aromatic carbocycles. The first-order valence-corrected chi connectivity index (χ1v) is 4.65. The molecule has 1 fully saturated rings. The Labute approximate surface area is 82.1 Å². The number of hydrogen-bond donors (Lipinski definition) is 5. The molecule has 1 saturated heterocycles. The molecule has 6 nitrogen and oxygen atoms in total. The Kier molecular flexibility index (Phi) is 4.24. The number of aliphatic hydroxyl groups is 4. The molecule has 1 unspecified atom stereocenters. The first kappa shape index (κ1) is 11.8. The zero-order chi connectivity index (χ0) is 10.7. The molecule has 1 aliphatic rings. The molecular formula is C8H17NO5. The van der Waals surface area contributed by atoms with Gasteiger partial charge in [0.2, 0.25) is 0 Å². The molecule has 6 heteroatoms. The zero-order valence-corrected chi connectivity index (χ0v) is 8.00. The van der Waals surface area contributed by atoms with Gasteiger partial charge in [-0.2, -0.15) is 0 Å². The predicted octanol–water partition coefficient (Wildman–Crippen LogP) is -2.60. The van der Waals surface area contributed by atoms with Crippen LogP contribution in [0.1, 0.15) is 6.92 Å². The van der Waals surface area contributed by atoms with Gasteiger partial charge in [0.25, 0.3) is 0 Å². The van der Waals surface area contributed by atoms with Crippen molar-refractivity contribution in [2.75, 3.05) is 13.2 Å². The van der Waals surface area contributed by atoms with Crippen LogP contribution in [0.4, 0.5) is 0 Å². The summed E-state index contributed by atoms with van der Waals surface area (Å²) in [5.74, 6) is 0. The summed E-state index contributed by atoms with van der Waals surface area (Å²) in [6, 6.07) is 0. The lowest BCUT2D eigenvalue weighted by Gasteiger charge is -2.40. The van der Waals surface area contributed by atoms with E-state index in [0.717, 1.165) is 0 Å². The fourth-order valence-corrected chi connectivity index (χ4v) is 1.47. The van der Waals surface area contributed by atoms with Crippen LogP contribution in [0.2, 0.25) is 0 Å². The molecule has 0 amide bonds. The van der Waals surface area contributed by atoms with Crippen molar-refractivity contribution in [1.82, 2.24) is 5.32 Å². The maximum absolute atomic E-state index is 9.47. The van der Waals surface area contributed by atoms with E-state index >= 15 is 0 Å². The van der Waals surface area contributed by atoms with Gasteiger partial charge < -0.3 is 25.2 Å². The average molecular weight is 207 g/mol.